The second-order valence-electron chi connectivity index (χ2n) is 3.46. The summed E-state index contributed by atoms with van der Waals surface area (Å²) in [4.78, 5) is 4.13. The van der Waals surface area contributed by atoms with Gasteiger partial charge in [-0.05, 0) is 6.54 Å². The van der Waals surface area contributed by atoms with E-state index in [0.29, 0.717) is 19.8 Å². The second kappa shape index (κ2) is 8.27. The molecule has 1 aromatic heterocycles. The monoisotopic (exact) mass is 227 g/mol. The van der Waals surface area contributed by atoms with Crippen LogP contribution in [0.1, 0.15) is 12.6 Å². The van der Waals surface area contributed by atoms with Crippen molar-refractivity contribution >= 4 is 0 Å². The maximum absolute atomic E-state index is 5.41. The molecule has 5 nitrogen and oxygen atoms in total. The van der Waals surface area contributed by atoms with E-state index in [1.54, 1.807) is 7.11 Å². The number of imidazole rings is 1. The molecule has 1 heterocycles. The Morgan fingerprint density at radius 3 is 3.00 bits per heavy atom. The van der Waals surface area contributed by atoms with Crippen molar-refractivity contribution in [3.63, 3.8) is 0 Å². The van der Waals surface area contributed by atoms with E-state index in [0.717, 1.165) is 19.6 Å². The van der Waals surface area contributed by atoms with Gasteiger partial charge in [-0.3, -0.25) is 0 Å². The van der Waals surface area contributed by atoms with Gasteiger partial charge in [0.15, 0.2) is 0 Å². The number of nitrogens with one attached hydrogen (secondary N) is 1. The van der Waals surface area contributed by atoms with Crippen LogP contribution in [0.15, 0.2) is 12.5 Å². The van der Waals surface area contributed by atoms with Crippen molar-refractivity contribution in [1.82, 2.24) is 14.9 Å². The highest BCUT2D eigenvalue weighted by Crippen LogP contribution is 1.98. The summed E-state index contributed by atoms with van der Waals surface area (Å²) < 4.78 is 12.4. The summed E-state index contributed by atoms with van der Waals surface area (Å²) in [6.07, 6.45) is 3.73. The third-order valence-corrected chi connectivity index (χ3v) is 2.26. The minimum Gasteiger partial charge on any atom is -0.382 e. The molecule has 0 aliphatic carbocycles. The average Bonchev–Trinajstić information content (AvgIpc) is 2.74. The molecular weight excluding hydrogens is 206 g/mol. The fourth-order valence-electron chi connectivity index (χ4n) is 1.36. The molecule has 16 heavy (non-hydrogen) atoms. The molecule has 92 valence electrons. The molecule has 1 aromatic rings. The fourth-order valence-corrected chi connectivity index (χ4v) is 1.36. The molecular formula is C11H21N3O2. The lowest BCUT2D eigenvalue weighted by Crippen LogP contribution is -2.17. The van der Waals surface area contributed by atoms with Crippen LogP contribution in [0.5, 0.6) is 0 Å². The number of methoxy groups -OCH3 is 1. The van der Waals surface area contributed by atoms with Crippen LogP contribution in [0.25, 0.3) is 0 Å². The molecule has 1 rings (SSSR count). The molecule has 0 amide bonds. The second-order valence-corrected chi connectivity index (χ2v) is 3.46. The molecule has 0 unspecified atom stereocenters. The number of nitrogens with zero attached hydrogens (tertiary/aromatic N) is 2. The van der Waals surface area contributed by atoms with E-state index in [2.05, 4.69) is 21.8 Å². The normalized spacial score (nSPS) is 10.9. The minimum absolute atomic E-state index is 0.647. The van der Waals surface area contributed by atoms with Crippen molar-refractivity contribution in [2.45, 2.75) is 20.0 Å². The van der Waals surface area contributed by atoms with Crippen LogP contribution in [0.3, 0.4) is 0 Å². The van der Waals surface area contributed by atoms with E-state index in [-0.39, 0.29) is 0 Å². The van der Waals surface area contributed by atoms with Gasteiger partial charge in [0.05, 0.1) is 31.8 Å². The Balaban J connectivity index is 2.22. The first-order valence-corrected chi connectivity index (χ1v) is 5.65. The van der Waals surface area contributed by atoms with Gasteiger partial charge < -0.3 is 19.4 Å². The summed E-state index contributed by atoms with van der Waals surface area (Å²) in [6, 6.07) is 0. The van der Waals surface area contributed by atoms with E-state index in [1.165, 1.54) is 5.69 Å². The Labute approximate surface area is 96.8 Å². The van der Waals surface area contributed by atoms with Crippen LogP contribution in [0.4, 0.5) is 0 Å². The molecule has 0 spiro atoms. The molecule has 0 aromatic carbocycles. The van der Waals surface area contributed by atoms with Crippen LogP contribution >= 0.6 is 0 Å². The lowest BCUT2D eigenvalue weighted by Gasteiger charge is -2.08. The van der Waals surface area contributed by atoms with Crippen molar-refractivity contribution in [3.05, 3.63) is 18.2 Å². The van der Waals surface area contributed by atoms with Gasteiger partial charge in [0.25, 0.3) is 0 Å². The molecule has 1 N–H and O–H groups in total. The molecule has 0 fully saturated rings. The Morgan fingerprint density at radius 1 is 1.38 bits per heavy atom. The van der Waals surface area contributed by atoms with Gasteiger partial charge in [-0.2, -0.15) is 0 Å². The molecule has 5 heteroatoms. The standard InChI is InChI=1S/C11H21N3O2/c1-3-12-8-11-9-13-10-14(11)4-5-16-7-6-15-2/h9-10,12H,3-8H2,1-2H3. The van der Waals surface area contributed by atoms with Gasteiger partial charge >= 0.3 is 0 Å². The van der Waals surface area contributed by atoms with Crippen LogP contribution in [-0.2, 0) is 22.6 Å². The average molecular weight is 227 g/mol. The summed E-state index contributed by atoms with van der Waals surface area (Å²) in [7, 11) is 1.67. The van der Waals surface area contributed by atoms with Crippen molar-refractivity contribution in [3.8, 4) is 0 Å². The first-order chi connectivity index (χ1) is 7.88. The molecule has 0 aliphatic rings. The van der Waals surface area contributed by atoms with Gasteiger partial charge in [0.1, 0.15) is 0 Å². The van der Waals surface area contributed by atoms with E-state index in [4.69, 9.17) is 9.47 Å². The van der Waals surface area contributed by atoms with E-state index in [9.17, 15) is 0 Å². The quantitative estimate of drug-likeness (QED) is 0.629. The van der Waals surface area contributed by atoms with Crippen LogP contribution in [-0.4, -0.2) is 43.0 Å². The zero-order chi connectivity index (χ0) is 11.6. The number of ether oxygens (including phenoxy) is 2. The Kier molecular flexibility index (Phi) is 6.80. The summed E-state index contributed by atoms with van der Waals surface area (Å²) in [5.74, 6) is 0. The SMILES string of the molecule is CCNCc1cncn1CCOCCOC. The summed E-state index contributed by atoms with van der Waals surface area (Å²) >= 11 is 0. The van der Waals surface area contributed by atoms with Crippen molar-refractivity contribution in [2.24, 2.45) is 0 Å². The van der Waals surface area contributed by atoms with Crippen LogP contribution in [0.2, 0.25) is 0 Å². The maximum atomic E-state index is 5.41. The molecule has 0 aliphatic heterocycles. The van der Waals surface area contributed by atoms with Gasteiger partial charge in [0, 0.05) is 26.4 Å². The number of rotatable bonds is 9. The van der Waals surface area contributed by atoms with Crippen molar-refractivity contribution in [1.29, 1.82) is 0 Å². The molecule has 0 bridgehead atoms. The molecule has 0 saturated heterocycles. The largest absolute Gasteiger partial charge is 0.382 e. The van der Waals surface area contributed by atoms with Crippen molar-refractivity contribution in [2.75, 3.05) is 33.5 Å². The topological polar surface area (TPSA) is 48.3 Å². The third kappa shape index (κ3) is 4.74. The smallest absolute Gasteiger partial charge is 0.0949 e. The first-order valence-electron chi connectivity index (χ1n) is 5.65. The third-order valence-electron chi connectivity index (χ3n) is 2.26. The molecule has 0 saturated carbocycles. The summed E-state index contributed by atoms with van der Waals surface area (Å²) in [5.41, 5.74) is 1.19. The van der Waals surface area contributed by atoms with Gasteiger partial charge in [-0.1, -0.05) is 6.92 Å². The Morgan fingerprint density at radius 2 is 2.25 bits per heavy atom. The van der Waals surface area contributed by atoms with E-state index in [1.807, 2.05) is 12.5 Å². The Hall–Kier alpha value is -0.910. The van der Waals surface area contributed by atoms with E-state index >= 15 is 0 Å². The van der Waals surface area contributed by atoms with Crippen LogP contribution in [0, 0.1) is 0 Å². The fraction of sp³-hybridized carbons (Fsp3) is 0.727. The highest BCUT2D eigenvalue weighted by molar-refractivity contribution is 4.97. The predicted octanol–water partition coefficient (Wildman–Crippen LogP) is 0.656. The van der Waals surface area contributed by atoms with Gasteiger partial charge in [0.2, 0.25) is 0 Å². The van der Waals surface area contributed by atoms with Crippen LogP contribution < -0.4 is 5.32 Å². The minimum atomic E-state index is 0.647. The molecule has 0 atom stereocenters. The maximum Gasteiger partial charge on any atom is 0.0949 e. The highest BCUT2D eigenvalue weighted by Gasteiger charge is 2.00. The zero-order valence-corrected chi connectivity index (χ0v) is 10.1. The number of hydrogen-bond donors (Lipinski definition) is 1. The molecule has 0 radical (unpaired) electrons. The zero-order valence-electron chi connectivity index (χ0n) is 10.1. The lowest BCUT2D eigenvalue weighted by atomic mass is 10.4. The Bertz CT molecular complexity index is 276. The number of hydrogen-bond acceptors (Lipinski definition) is 4. The van der Waals surface area contributed by atoms with Gasteiger partial charge in [-0.15, -0.1) is 0 Å². The predicted molar refractivity (Wildman–Crippen MR) is 62.3 cm³/mol. The van der Waals surface area contributed by atoms with Gasteiger partial charge in [-0.25, -0.2) is 4.98 Å². The lowest BCUT2D eigenvalue weighted by molar-refractivity contribution is 0.0663. The summed E-state index contributed by atoms with van der Waals surface area (Å²) in [6.45, 7) is 6.74. The number of aromatic nitrogens is 2. The van der Waals surface area contributed by atoms with Crippen molar-refractivity contribution < 1.29 is 9.47 Å². The van der Waals surface area contributed by atoms with E-state index < -0.39 is 0 Å². The first kappa shape index (κ1) is 13.2. The summed E-state index contributed by atoms with van der Waals surface area (Å²) in [5, 5.41) is 3.28. The highest BCUT2D eigenvalue weighted by atomic mass is 16.5.